The quantitative estimate of drug-likeness (QED) is 0.927. The molecule has 1 aliphatic rings. The zero-order chi connectivity index (χ0) is 14.8. The Hall–Kier alpha value is -1.10. The molecule has 0 radical (unpaired) electrons. The molecule has 1 aliphatic heterocycles. The number of anilines is 1. The van der Waals surface area contributed by atoms with E-state index < -0.39 is 0 Å². The predicted octanol–water partition coefficient (Wildman–Crippen LogP) is 3.86. The van der Waals surface area contributed by atoms with Crippen molar-refractivity contribution in [1.82, 2.24) is 10.3 Å². The molecule has 3 heterocycles. The molecular weight excluding hydrogens is 302 g/mol. The van der Waals surface area contributed by atoms with Gasteiger partial charge in [0.15, 0.2) is 0 Å². The molecule has 5 heteroatoms. The molecular formula is C16H20ClN3S. The second-order valence-corrected chi connectivity index (χ2v) is 7.13. The third-order valence-electron chi connectivity index (χ3n) is 3.70. The fraction of sp³-hybridized carbons (Fsp3) is 0.438. The fourth-order valence-electron chi connectivity index (χ4n) is 2.55. The Bertz CT molecular complexity index is 624. The van der Waals surface area contributed by atoms with Gasteiger partial charge in [-0.05, 0) is 35.1 Å². The molecule has 0 spiro atoms. The standard InChI is InChI=1S/C16H20ClN3S/c1-11(2)18-8-12-7-14(17)16(19-9-12)20-5-3-15-13(10-20)4-6-21-15/h4,6-7,9,11,18H,3,5,8,10H2,1-2H3. The average molecular weight is 322 g/mol. The summed E-state index contributed by atoms with van der Waals surface area (Å²) in [5, 5.41) is 6.30. The molecule has 0 bridgehead atoms. The molecule has 0 saturated carbocycles. The second kappa shape index (κ2) is 6.34. The number of halogens is 1. The van der Waals surface area contributed by atoms with E-state index >= 15 is 0 Å². The monoisotopic (exact) mass is 321 g/mol. The van der Waals surface area contributed by atoms with E-state index in [0.717, 1.165) is 42.5 Å². The molecule has 0 fully saturated rings. The highest BCUT2D eigenvalue weighted by Gasteiger charge is 2.20. The van der Waals surface area contributed by atoms with Crippen molar-refractivity contribution in [2.45, 2.75) is 39.4 Å². The lowest BCUT2D eigenvalue weighted by molar-refractivity contribution is 0.588. The van der Waals surface area contributed by atoms with Crippen LogP contribution in [0.2, 0.25) is 5.02 Å². The summed E-state index contributed by atoms with van der Waals surface area (Å²) in [6.45, 7) is 6.98. The number of hydrogen-bond donors (Lipinski definition) is 1. The summed E-state index contributed by atoms with van der Waals surface area (Å²) < 4.78 is 0. The van der Waals surface area contributed by atoms with Gasteiger partial charge in [-0.2, -0.15) is 0 Å². The van der Waals surface area contributed by atoms with Crippen molar-refractivity contribution in [3.8, 4) is 0 Å². The minimum Gasteiger partial charge on any atom is -0.351 e. The molecule has 2 aromatic heterocycles. The summed E-state index contributed by atoms with van der Waals surface area (Å²) in [4.78, 5) is 8.37. The van der Waals surface area contributed by atoms with Gasteiger partial charge in [-0.1, -0.05) is 25.4 Å². The summed E-state index contributed by atoms with van der Waals surface area (Å²) in [6, 6.07) is 4.70. The molecule has 112 valence electrons. The first-order chi connectivity index (χ1) is 10.1. The van der Waals surface area contributed by atoms with Crippen LogP contribution < -0.4 is 10.2 Å². The molecule has 3 nitrogen and oxygen atoms in total. The smallest absolute Gasteiger partial charge is 0.147 e. The van der Waals surface area contributed by atoms with Crippen LogP contribution in [0.1, 0.15) is 29.9 Å². The molecule has 0 aromatic carbocycles. The van der Waals surface area contributed by atoms with Crippen molar-refractivity contribution >= 4 is 28.8 Å². The van der Waals surface area contributed by atoms with Crippen LogP contribution in [0.5, 0.6) is 0 Å². The van der Waals surface area contributed by atoms with Crippen molar-refractivity contribution in [1.29, 1.82) is 0 Å². The van der Waals surface area contributed by atoms with Crippen LogP contribution in [0.15, 0.2) is 23.7 Å². The largest absolute Gasteiger partial charge is 0.351 e. The number of fused-ring (bicyclic) bond motifs is 1. The lowest BCUT2D eigenvalue weighted by Crippen LogP contribution is -2.30. The summed E-state index contributed by atoms with van der Waals surface area (Å²) in [6.07, 6.45) is 3.02. The van der Waals surface area contributed by atoms with Crippen LogP contribution in [0.3, 0.4) is 0 Å². The number of hydrogen-bond acceptors (Lipinski definition) is 4. The van der Waals surface area contributed by atoms with E-state index in [2.05, 4.69) is 40.5 Å². The van der Waals surface area contributed by atoms with Gasteiger partial charge >= 0.3 is 0 Å². The number of aromatic nitrogens is 1. The molecule has 0 atom stereocenters. The van der Waals surface area contributed by atoms with E-state index in [1.165, 1.54) is 10.4 Å². The highest BCUT2D eigenvalue weighted by Crippen LogP contribution is 2.31. The van der Waals surface area contributed by atoms with Crippen LogP contribution in [0.4, 0.5) is 5.82 Å². The van der Waals surface area contributed by atoms with Crippen LogP contribution in [-0.2, 0) is 19.5 Å². The number of rotatable bonds is 4. The Labute approximate surface area is 135 Å². The number of pyridine rings is 1. The maximum atomic E-state index is 6.45. The first kappa shape index (κ1) is 14.8. The number of nitrogens with zero attached hydrogens (tertiary/aromatic N) is 2. The number of thiophene rings is 1. The van der Waals surface area contributed by atoms with Crippen molar-refractivity contribution in [2.75, 3.05) is 11.4 Å². The molecule has 0 unspecified atom stereocenters. The molecule has 0 saturated heterocycles. The van der Waals surface area contributed by atoms with Gasteiger partial charge in [0.2, 0.25) is 0 Å². The molecule has 21 heavy (non-hydrogen) atoms. The van der Waals surface area contributed by atoms with E-state index in [9.17, 15) is 0 Å². The zero-order valence-electron chi connectivity index (χ0n) is 12.4. The number of nitrogens with one attached hydrogen (secondary N) is 1. The minimum absolute atomic E-state index is 0.461. The maximum absolute atomic E-state index is 6.45. The van der Waals surface area contributed by atoms with Crippen molar-refractivity contribution in [3.63, 3.8) is 0 Å². The normalized spacial score (nSPS) is 14.6. The van der Waals surface area contributed by atoms with Gasteiger partial charge in [-0.15, -0.1) is 11.3 Å². The summed E-state index contributed by atoms with van der Waals surface area (Å²) in [5.41, 5.74) is 2.54. The zero-order valence-corrected chi connectivity index (χ0v) is 14.0. The van der Waals surface area contributed by atoms with Crippen LogP contribution in [-0.4, -0.2) is 17.6 Å². The van der Waals surface area contributed by atoms with Crippen molar-refractivity contribution in [2.24, 2.45) is 0 Å². The van der Waals surface area contributed by atoms with Gasteiger partial charge in [-0.3, -0.25) is 0 Å². The van der Waals surface area contributed by atoms with Crippen LogP contribution in [0, 0.1) is 0 Å². The lowest BCUT2D eigenvalue weighted by Gasteiger charge is -2.28. The molecule has 1 N–H and O–H groups in total. The van der Waals surface area contributed by atoms with Crippen LogP contribution in [0.25, 0.3) is 0 Å². The van der Waals surface area contributed by atoms with Gasteiger partial charge in [0.05, 0.1) is 5.02 Å². The molecule has 3 rings (SSSR count). The lowest BCUT2D eigenvalue weighted by atomic mass is 10.1. The summed E-state index contributed by atoms with van der Waals surface area (Å²) in [5.74, 6) is 0.904. The SMILES string of the molecule is CC(C)NCc1cnc(N2CCc3sccc3C2)c(Cl)c1. The molecule has 0 aliphatic carbocycles. The first-order valence-corrected chi connectivity index (χ1v) is 8.57. The second-order valence-electron chi connectivity index (χ2n) is 5.73. The third kappa shape index (κ3) is 3.39. The van der Waals surface area contributed by atoms with E-state index in [1.54, 1.807) is 0 Å². The highest BCUT2D eigenvalue weighted by atomic mass is 35.5. The Balaban J connectivity index is 1.74. The third-order valence-corrected chi connectivity index (χ3v) is 5.00. The van der Waals surface area contributed by atoms with E-state index in [0.29, 0.717) is 6.04 Å². The summed E-state index contributed by atoms with van der Waals surface area (Å²) in [7, 11) is 0. The minimum atomic E-state index is 0.461. The predicted molar refractivity (Wildman–Crippen MR) is 90.3 cm³/mol. The average Bonchev–Trinajstić information content (AvgIpc) is 2.92. The van der Waals surface area contributed by atoms with Gasteiger partial charge in [0, 0.05) is 36.8 Å². The van der Waals surface area contributed by atoms with E-state index in [-0.39, 0.29) is 0 Å². The van der Waals surface area contributed by atoms with Gasteiger partial charge < -0.3 is 10.2 Å². The Kier molecular flexibility index (Phi) is 4.48. The van der Waals surface area contributed by atoms with E-state index in [4.69, 9.17) is 11.6 Å². The van der Waals surface area contributed by atoms with Gasteiger partial charge in [-0.25, -0.2) is 4.98 Å². The first-order valence-electron chi connectivity index (χ1n) is 7.31. The van der Waals surface area contributed by atoms with Crippen LogP contribution >= 0.6 is 22.9 Å². The Morgan fingerprint density at radius 2 is 2.33 bits per heavy atom. The highest BCUT2D eigenvalue weighted by molar-refractivity contribution is 7.10. The summed E-state index contributed by atoms with van der Waals surface area (Å²) >= 11 is 8.30. The van der Waals surface area contributed by atoms with Gasteiger partial charge in [0.25, 0.3) is 0 Å². The fourth-order valence-corrected chi connectivity index (χ4v) is 3.75. The molecule has 2 aromatic rings. The maximum Gasteiger partial charge on any atom is 0.147 e. The topological polar surface area (TPSA) is 28.2 Å². The Morgan fingerprint density at radius 1 is 1.48 bits per heavy atom. The Morgan fingerprint density at radius 3 is 3.10 bits per heavy atom. The van der Waals surface area contributed by atoms with Crippen molar-refractivity contribution in [3.05, 3.63) is 44.7 Å². The van der Waals surface area contributed by atoms with E-state index in [1.807, 2.05) is 23.6 Å². The van der Waals surface area contributed by atoms with Gasteiger partial charge in [0.1, 0.15) is 5.82 Å². The van der Waals surface area contributed by atoms with Crippen molar-refractivity contribution < 1.29 is 0 Å². The molecule has 0 amide bonds.